The number of pyridine rings is 1. The Labute approximate surface area is 228 Å². The molecule has 38 heavy (non-hydrogen) atoms. The Morgan fingerprint density at radius 3 is 2.39 bits per heavy atom. The van der Waals surface area contributed by atoms with E-state index in [4.69, 9.17) is 21.7 Å². The minimum absolute atomic E-state index is 0.0752. The molecule has 1 aliphatic heterocycles. The molecule has 4 aromatic rings. The summed E-state index contributed by atoms with van der Waals surface area (Å²) < 4.78 is 12.4. The van der Waals surface area contributed by atoms with Crippen LogP contribution in [0, 0.1) is 13.8 Å². The van der Waals surface area contributed by atoms with Gasteiger partial charge in [-0.1, -0.05) is 18.2 Å². The van der Waals surface area contributed by atoms with Crippen molar-refractivity contribution in [2.45, 2.75) is 32.5 Å². The monoisotopic (exact) mass is 526 g/mol. The second-order valence-corrected chi connectivity index (χ2v) is 9.69. The van der Waals surface area contributed by atoms with Crippen LogP contribution in [0.2, 0.25) is 0 Å². The van der Waals surface area contributed by atoms with E-state index >= 15 is 0 Å². The molecule has 7 nitrogen and oxygen atoms in total. The summed E-state index contributed by atoms with van der Waals surface area (Å²) in [5.41, 5.74) is 6.92. The van der Waals surface area contributed by atoms with Crippen molar-refractivity contribution in [3.8, 4) is 11.4 Å². The van der Waals surface area contributed by atoms with Crippen LogP contribution in [0.3, 0.4) is 0 Å². The Bertz CT molecular complexity index is 1450. The number of carbonyl (C=O) groups is 1. The summed E-state index contributed by atoms with van der Waals surface area (Å²) in [6, 6.07) is 23.5. The molecule has 0 saturated carbocycles. The molecule has 1 fully saturated rings. The van der Waals surface area contributed by atoms with Crippen molar-refractivity contribution in [1.82, 2.24) is 19.8 Å². The number of esters is 1. The normalized spacial score (nSPS) is 16.8. The van der Waals surface area contributed by atoms with Gasteiger partial charge in [-0.3, -0.25) is 4.98 Å². The number of ether oxygens (including phenoxy) is 2. The number of hydrogen-bond acceptors (Lipinski definition) is 5. The van der Waals surface area contributed by atoms with E-state index in [-0.39, 0.29) is 18.1 Å². The number of thiocarbonyl (C=S) groups is 1. The SMILES string of the molecule is COC(=O)c1ccc(-n2c(C)cc(C3C(c4ccccn4)NC(=S)N3Cc3ccc(OC)cc3)c2C)cc1. The highest BCUT2D eigenvalue weighted by Gasteiger charge is 2.41. The Morgan fingerprint density at radius 1 is 1.03 bits per heavy atom. The number of aromatic nitrogens is 2. The van der Waals surface area contributed by atoms with Crippen LogP contribution in [0.1, 0.15) is 50.7 Å². The van der Waals surface area contributed by atoms with Crippen molar-refractivity contribution in [1.29, 1.82) is 0 Å². The van der Waals surface area contributed by atoms with Crippen LogP contribution in [0.25, 0.3) is 5.69 Å². The minimum atomic E-state index is -0.351. The van der Waals surface area contributed by atoms with Gasteiger partial charge in [0.15, 0.2) is 5.11 Å². The molecule has 0 amide bonds. The average Bonchev–Trinajstić information content (AvgIpc) is 3.43. The number of aryl methyl sites for hydroxylation is 1. The Balaban J connectivity index is 1.56. The standard InChI is InChI=1S/C30H30N4O3S/c1-19-17-25(20(2)34(19)23-12-10-22(11-13-23)29(35)37-4)28-27(26-7-5-6-16-31-26)32-30(38)33(28)18-21-8-14-24(36-3)15-9-21/h5-17,27-28H,18H2,1-4H3,(H,32,38). The molecular weight excluding hydrogens is 496 g/mol. The van der Waals surface area contributed by atoms with Crippen LogP contribution >= 0.6 is 12.2 Å². The van der Waals surface area contributed by atoms with Crippen molar-refractivity contribution in [2.75, 3.05) is 14.2 Å². The number of nitrogens with one attached hydrogen (secondary N) is 1. The van der Waals surface area contributed by atoms with Gasteiger partial charge < -0.3 is 24.3 Å². The molecule has 8 heteroatoms. The summed E-state index contributed by atoms with van der Waals surface area (Å²) >= 11 is 5.88. The van der Waals surface area contributed by atoms with Gasteiger partial charge >= 0.3 is 5.97 Å². The number of rotatable bonds is 7. The van der Waals surface area contributed by atoms with E-state index in [0.29, 0.717) is 17.2 Å². The molecule has 1 aliphatic rings. The minimum Gasteiger partial charge on any atom is -0.497 e. The molecule has 194 valence electrons. The van der Waals surface area contributed by atoms with E-state index in [1.54, 1.807) is 19.2 Å². The third kappa shape index (κ3) is 4.75. The zero-order valence-electron chi connectivity index (χ0n) is 21.8. The summed E-state index contributed by atoms with van der Waals surface area (Å²) in [6.45, 7) is 4.86. The highest BCUT2D eigenvalue weighted by Crippen LogP contribution is 2.42. The lowest BCUT2D eigenvalue weighted by Gasteiger charge is -2.28. The predicted octanol–water partition coefficient (Wildman–Crippen LogP) is 5.46. The van der Waals surface area contributed by atoms with Gasteiger partial charge in [0.2, 0.25) is 0 Å². The van der Waals surface area contributed by atoms with Gasteiger partial charge in [-0.25, -0.2) is 4.79 Å². The fourth-order valence-electron chi connectivity index (χ4n) is 5.19. The summed E-state index contributed by atoms with van der Waals surface area (Å²) in [7, 11) is 3.05. The van der Waals surface area contributed by atoms with Gasteiger partial charge in [0.1, 0.15) is 5.75 Å². The zero-order valence-corrected chi connectivity index (χ0v) is 22.7. The number of hydrogen-bond donors (Lipinski definition) is 1. The lowest BCUT2D eigenvalue weighted by molar-refractivity contribution is 0.0600. The van der Waals surface area contributed by atoms with Crippen LogP contribution in [-0.2, 0) is 11.3 Å². The van der Waals surface area contributed by atoms with E-state index < -0.39 is 0 Å². The fourth-order valence-corrected chi connectivity index (χ4v) is 5.50. The lowest BCUT2D eigenvalue weighted by Crippen LogP contribution is -2.29. The summed E-state index contributed by atoms with van der Waals surface area (Å²) in [4.78, 5) is 18.8. The van der Waals surface area contributed by atoms with Gasteiger partial charge in [0.25, 0.3) is 0 Å². The first-order valence-electron chi connectivity index (χ1n) is 12.4. The van der Waals surface area contributed by atoms with Gasteiger partial charge in [-0.15, -0.1) is 0 Å². The summed E-state index contributed by atoms with van der Waals surface area (Å²) in [6.07, 6.45) is 1.81. The largest absolute Gasteiger partial charge is 0.497 e. The first-order chi connectivity index (χ1) is 18.4. The summed E-state index contributed by atoms with van der Waals surface area (Å²) in [5, 5.41) is 4.23. The van der Waals surface area contributed by atoms with E-state index in [2.05, 4.69) is 51.8 Å². The van der Waals surface area contributed by atoms with Gasteiger partial charge in [0, 0.05) is 29.8 Å². The maximum absolute atomic E-state index is 11.9. The Morgan fingerprint density at radius 2 is 1.76 bits per heavy atom. The topological polar surface area (TPSA) is 68.6 Å². The average molecular weight is 527 g/mol. The first-order valence-corrected chi connectivity index (χ1v) is 12.8. The van der Waals surface area contributed by atoms with Crippen molar-refractivity contribution in [3.63, 3.8) is 0 Å². The van der Waals surface area contributed by atoms with Gasteiger partial charge in [-0.05, 0) is 91.8 Å². The highest BCUT2D eigenvalue weighted by molar-refractivity contribution is 7.80. The molecule has 2 atom stereocenters. The molecule has 1 N–H and O–H groups in total. The van der Waals surface area contributed by atoms with E-state index in [9.17, 15) is 4.79 Å². The van der Waals surface area contributed by atoms with Crippen molar-refractivity contribution in [3.05, 3.63) is 113 Å². The first kappa shape index (κ1) is 25.5. The molecular formula is C30H30N4O3S. The molecule has 1 saturated heterocycles. The summed E-state index contributed by atoms with van der Waals surface area (Å²) in [5.74, 6) is 0.469. The molecule has 2 aromatic heterocycles. The third-order valence-corrected chi connectivity index (χ3v) is 7.40. The van der Waals surface area contributed by atoms with E-state index in [0.717, 1.165) is 39.6 Å². The molecule has 0 bridgehead atoms. The zero-order chi connectivity index (χ0) is 26.8. The lowest BCUT2D eigenvalue weighted by atomic mass is 9.96. The Kier molecular flexibility index (Phi) is 7.15. The second kappa shape index (κ2) is 10.7. The second-order valence-electron chi connectivity index (χ2n) is 9.30. The van der Waals surface area contributed by atoms with Crippen molar-refractivity contribution >= 4 is 23.3 Å². The van der Waals surface area contributed by atoms with Crippen molar-refractivity contribution in [2.24, 2.45) is 0 Å². The van der Waals surface area contributed by atoms with Crippen LogP contribution < -0.4 is 10.1 Å². The van der Waals surface area contributed by atoms with Crippen LogP contribution in [0.4, 0.5) is 0 Å². The van der Waals surface area contributed by atoms with E-state index in [1.165, 1.54) is 7.11 Å². The number of nitrogens with zero attached hydrogens (tertiary/aromatic N) is 3. The smallest absolute Gasteiger partial charge is 0.337 e. The fraction of sp³-hybridized carbons (Fsp3) is 0.233. The molecule has 3 heterocycles. The van der Waals surface area contributed by atoms with Gasteiger partial charge in [-0.2, -0.15) is 0 Å². The van der Waals surface area contributed by atoms with Crippen LogP contribution in [-0.4, -0.2) is 39.8 Å². The maximum atomic E-state index is 11.9. The molecule has 5 rings (SSSR count). The number of carbonyl (C=O) groups excluding carboxylic acids is 1. The van der Waals surface area contributed by atoms with Crippen molar-refractivity contribution < 1.29 is 14.3 Å². The molecule has 2 aromatic carbocycles. The predicted molar refractivity (Wildman–Crippen MR) is 151 cm³/mol. The highest BCUT2D eigenvalue weighted by atomic mass is 32.1. The van der Waals surface area contributed by atoms with Gasteiger partial charge in [0.05, 0.1) is 37.6 Å². The molecule has 0 radical (unpaired) electrons. The quantitative estimate of drug-likeness (QED) is 0.253. The molecule has 0 aliphatic carbocycles. The van der Waals surface area contributed by atoms with Crippen LogP contribution in [0.5, 0.6) is 5.75 Å². The number of methoxy groups -OCH3 is 2. The molecule has 0 spiro atoms. The Hall–Kier alpha value is -4.17. The van der Waals surface area contributed by atoms with Crippen LogP contribution in [0.15, 0.2) is 79.0 Å². The molecule has 2 unspecified atom stereocenters. The van der Waals surface area contributed by atoms with E-state index in [1.807, 2.05) is 48.7 Å². The maximum Gasteiger partial charge on any atom is 0.337 e. The number of benzene rings is 2. The third-order valence-electron chi connectivity index (χ3n) is 7.05.